The van der Waals surface area contributed by atoms with Crippen LogP contribution in [0.5, 0.6) is 0 Å². The molecule has 2 aliphatic rings. The minimum Gasteiger partial charge on any atom is -0.378 e. The predicted molar refractivity (Wildman–Crippen MR) is 87.9 cm³/mol. The van der Waals surface area contributed by atoms with Gasteiger partial charge in [0.2, 0.25) is 5.95 Å². The third kappa shape index (κ3) is 3.96. The van der Waals surface area contributed by atoms with Gasteiger partial charge >= 0.3 is 0 Å². The first-order valence-corrected chi connectivity index (χ1v) is 8.53. The summed E-state index contributed by atoms with van der Waals surface area (Å²) in [6.07, 6.45) is 9.10. The maximum absolute atomic E-state index is 5.36. The lowest BCUT2D eigenvalue weighted by Crippen LogP contribution is -2.44. The summed E-state index contributed by atoms with van der Waals surface area (Å²) in [5, 5.41) is 3.72. The number of ether oxygens (including phenoxy) is 1. The van der Waals surface area contributed by atoms with E-state index in [9.17, 15) is 0 Å². The summed E-state index contributed by atoms with van der Waals surface area (Å²) in [5.41, 5.74) is 1.44. The molecule has 1 aliphatic carbocycles. The average molecular weight is 304 g/mol. The number of aromatic nitrogens is 2. The molecule has 1 saturated heterocycles. The lowest BCUT2D eigenvalue weighted by Gasteiger charge is -2.37. The minimum atomic E-state index is 0.273. The number of rotatable bonds is 4. The fourth-order valence-corrected chi connectivity index (χ4v) is 3.26. The van der Waals surface area contributed by atoms with Crippen molar-refractivity contribution in [2.24, 2.45) is 5.92 Å². The number of nitrogens with zero attached hydrogens (tertiary/aromatic N) is 3. The standard InChI is InChI=1S/C17H28N4O/c1-14-3-5-17(2,6-4-14)20-13-15-11-18-16(19-12-15)21-7-9-22-10-8-21/h11-12,14,20H,3-10,13H2,1-2H3. The van der Waals surface area contributed by atoms with Gasteiger partial charge in [-0.1, -0.05) is 6.92 Å². The first kappa shape index (κ1) is 15.7. The summed E-state index contributed by atoms with van der Waals surface area (Å²) in [7, 11) is 0. The molecule has 122 valence electrons. The van der Waals surface area contributed by atoms with Crippen molar-refractivity contribution >= 4 is 5.95 Å². The van der Waals surface area contributed by atoms with E-state index in [2.05, 4.69) is 34.0 Å². The van der Waals surface area contributed by atoms with Crippen molar-refractivity contribution in [3.05, 3.63) is 18.0 Å². The van der Waals surface area contributed by atoms with Gasteiger partial charge in [-0.2, -0.15) is 0 Å². The van der Waals surface area contributed by atoms with E-state index >= 15 is 0 Å². The Morgan fingerprint density at radius 3 is 2.50 bits per heavy atom. The van der Waals surface area contributed by atoms with Gasteiger partial charge in [0.25, 0.3) is 0 Å². The number of hydrogen-bond acceptors (Lipinski definition) is 5. The fraction of sp³-hybridized carbons (Fsp3) is 0.765. The van der Waals surface area contributed by atoms with Gasteiger partial charge in [-0.05, 0) is 38.5 Å². The van der Waals surface area contributed by atoms with Crippen molar-refractivity contribution in [3.63, 3.8) is 0 Å². The van der Waals surface area contributed by atoms with Crippen LogP contribution in [0.1, 0.15) is 45.1 Å². The number of morpholine rings is 1. The first-order valence-electron chi connectivity index (χ1n) is 8.53. The molecule has 3 rings (SSSR count). The third-order valence-corrected chi connectivity index (χ3v) is 5.08. The van der Waals surface area contributed by atoms with Crippen LogP contribution in [-0.2, 0) is 11.3 Å². The maximum Gasteiger partial charge on any atom is 0.225 e. The van der Waals surface area contributed by atoms with Gasteiger partial charge in [-0.25, -0.2) is 9.97 Å². The second-order valence-corrected chi connectivity index (χ2v) is 7.09. The smallest absolute Gasteiger partial charge is 0.225 e. The van der Waals surface area contributed by atoms with Crippen LogP contribution in [0.15, 0.2) is 12.4 Å². The highest BCUT2D eigenvalue weighted by atomic mass is 16.5. The minimum absolute atomic E-state index is 0.273. The van der Waals surface area contributed by atoms with E-state index in [1.54, 1.807) is 0 Å². The summed E-state index contributed by atoms with van der Waals surface area (Å²) in [6, 6.07) is 0. The van der Waals surface area contributed by atoms with Crippen LogP contribution in [0, 0.1) is 5.92 Å². The average Bonchev–Trinajstić information content (AvgIpc) is 2.57. The molecule has 22 heavy (non-hydrogen) atoms. The second-order valence-electron chi connectivity index (χ2n) is 7.09. The summed E-state index contributed by atoms with van der Waals surface area (Å²) < 4.78 is 5.36. The lowest BCUT2D eigenvalue weighted by molar-refractivity contribution is 0.122. The number of nitrogens with one attached hydrogen (secondary N) is 1. The Kier molecular flexibility index (Phi) is 4.93. The van der Waals surface area contributed by atoms with Gasteiger partial charge in [-0.3, -0.25) is 0 Å². The zero-order chi connectivity index (χ0) is 15.4. The van der Waals surface area contributed by atoms with E-state index < -0.39 is 0 Å². The quantitative estimate of drug-likeness (QED) is 0.925. The Balaban J connectivity index is 1.52. The molecule has 1 aromatic rings. The molecule has 1 N–H and O–H groups in total. The zero-order valence-electron chi connectivity index (χ0n) is 13.8. The summed E-state index contributed by atoms with van der Waals surface area (Å²) in [6.45, 7) is 8.86. The molecule has 0 atom stereocenters. The van der Waals surface area contributed by atoms with Crippen molar-refractivity contribution in [2.45, 2.75) is 51.6 Å². The molecule has 0 radical (unpaired) electrons. The largest absolute Gasteiger partial charge is 0.378 e. The molecule has 2 heterocycles. The highest BCUT2D eigenvalue weighted by Gasteiger charge is 2.28. The van der Waals surface area contributed by atoms with E-state index in [1.807, 2.05) is 12.4 Å². The molecule has 0 bridgehead atoms. The topological polar surface area (TPSA) is 50.3 Å². The van der Waals surface area contributed by atoms with Crippen LogP contribution in [0.25, 0.3) is 0 Å². The van der Waals surface area contributed by atoms with E-state index in [0.717, 1.165) is 50.3 Å². The van der Waals surface area contributed by atoms with Gasteiger partial charge in [-0.15, -0.1) is 0 Å². The molecule has 0 amide bonds. The second kappa shape index (κ2) is 6.92. The highest BCUT2D eigenvalue weighted by molar-refractivity contribution is 5.30. The van der Waals surface area contributed by atoms with Crippen molar-refractivity contribution in [2.75, 3.05) is 31.2 Å². The Hall–Kier alpha value is -1.20. The van der Waals surface area contributed by atoms with E-state index in [1.165, 1.54) is 25.7 Å². The Labute approximate surface area is 133 Å². The molecule has 0 spiro atoms. The van der Waals surface area contributed by atoms with Gasteiger partial charge in [0.05, 0.1) is 13.2 Å². The molecular weight excluding hydrogens is 276 g/mol. The summed E-state index contributed by atoms with van der Waals surface area (Å²) >= 11 is 0. The summed E-state index contributed by atoms with van der Waals surface area (Å²) in [5.74, 6) is 1.70. The fourth-order valence-electron chi connectivity index (χ4n) is 3.26. The molecule has 5 heteroatoms. The molecule has 0 aromatic carbocycles. The Morgan fingerprint density at radius 1 is 1.23 bits per heavy atom. The first-order chi connectivity index (χ1) is 10.6. The van der Waals surface area contributed by atoms with Crippen molar-refractivity contribution in [3.8, 4) is 0 Å². The van der Waals surface area contributed by atoms with E-state index in [4.69, 9.17) is 4.74 Å². The maximum atomic E-state index is 5.36. The van der Waals surface area contributed by atoms with Crippen LogP contribution in [0.3, 0.4) is 0 Å². The Bertz CT molecular complexity index is 462. The van der Waals surface area contributed by atoms with Crippen molar-refractivity contribution in [1.82, 2.24) is 15.3 Å². The van der Waals surface area contributed by atoms with Gasteiger partial charge in [0.1, 0.15) is 0 Å². The van der Waals surface area contributed by atoms with Gasteiger partial charge < -0.3 is 15.0 Å². The number of hydrogen-bond donors (Lipinski definition) is 1. The monoisotopic (exact) mass is 304 g/mol. The van der Waals surface area contributed by atoms with Crippen LogP contribution in [0.4, 0.5) is 5.95 Å². The third-order valence-electron chi connectivity index (χ3n) is 5.08. The normalized spacial score (nSPS) is 29.5. The highest BCUT2D eigenvalue weighted by Crippen LogP contribution is 2.31. The van der Waals surface area contributed by atoms with E-state index in [0.29, 0.717) is 0 Å². The van der Waals surface area contributed by atoms with Crippen LogP contribution in [0.2, 0.25) is 0 Å². The van der Waals surface area contributed by atoms with Crippen molar-refractivity contribution in [1.29, 1.82) is 0 Å². The SMILES string of the molecule is CC1CCC(C)(NCc2cnc(N3CCOCC3)nc2)CC1. The molecule has 0 unspecified atom stereocenters. The lowest BCUT2D eigenvalue weighted by atomic mass is 9.78. The van der Waals surface area contributed by atoms with Gasteiger partial charge in [0, 0.05) is 43.1 Å². The molecule has 5 nitrogen and oxygen atoms in total. The van der Waals surface area contributed by atoms with Crippen LogP contribution in [-0.4, -0.2) is 41.8 Å². The zero-order valence-corrected chi connectivity index (χ0v) is 13.8. The van der Waals surface area contributed by atoms with Crippen molar-refractivity contribution < 1.29 is 4.74 Å². The molecule has 1 aromatic heterocycles. The molecule has 1 aliphatic heterocycles. The molecule has 1 saturated carbocycles. The summed E-state index contributed by atoms with van der Waals surface area (Å²) in [4.78, 5) is 11.2. The Morgan fingerprint density at radius 2 is 1.86 bits per heavy atom. The molecular formula is C17H28N4O. The van der Waals surface area contributed by atoms with Gasteiger partial charge in [0.15, 0.2) is 0 Å². The number of anilines is 1. The van der Waals surface area contributed by atoms with Crippen LogP contribution < -0.4 is 10.2 Å². The predicted octanol–water partition coefficient (Wildman–Crippen LogP) is 2.37. The molecule has 2 fully saturated rings. The van der Waals surface area contributed by atoms with Crippen LogP contribution >= 0.6 is 0 Å². The van der Waals surface area contributed by atoms with E-state index in [-0.39, 0.29) is 5.54 Å².